The van der Waals surface area contributed by atoms with Gasteiger partial charge in [0.25, 0.3) is 0 Å². The number of carbonyl (C=O) groups is 1. The third-order valence-electron chi connectivity index (χ3n) is 5.47. The molecule has 1 saturated carbocycles. The largest absolute Gasteiger partial charge is 0.468 e. The first kappa shape index (κ1) is 18.7. The van der Waals surface area contributed by atoms with Gasteiger partial charge < -0.3 is 9.16 Å². The van der Waals surface area contributed by atoms with Crippen LogP contribution in [-0.2, 0) is 19.4 Å². The molecule has 0 spiro atoms. The molecule has 0 unspecified atom stereocenters. The van der Waals surface area contributed by atoms with Crippen LogP contribution in [0.2, 0.25) is 18.1 Å². The molecule has 3 nitrogen and oxygen atoms in total. The summed E-state index contributed by atoms with van der Waals surface area (Å²) < 4.78 is 12.4. The lowest BCUT2D eigenvalue weighted by Gasteiger charge is -2.36. The highest BCUT2D eigenvalue weighted by molar-refractivity contribution is 9.10. The van der Waals surface area contributed by atoms with Crippen molar-refractivity contribution in [3.63, 3.8) is 0 Å². The maximum atomic E-state index is 12.4. The molecule has 1 aliphatic carbocycles. The van der Waals surface area contributed by atoms with Crippen molar-refractivity contribution in [1.82, 2.24) is 0 Å². The van der Waals surface area contributed by atoms with Crippen molar-refractivity contribution in [2.45, 2.75) is 50.7 Å². The van der Waals surface area contributed by atoms with Gasteiger partial charge in [-0.2, -0.15) is 0 Å². The average Bonchev–Trinajstić information content (AvgIpc) is 3.19. The molecule has 1 fully saturated rings. The molecule has 2 rings (SSSR count). The van der Waals surface area contributed by atoms with E-state index in [1.165, 1.54) is 7.11 Å². The van der Waals surface area contributed by atoms with E-state index in [0.717, 1.165) is 16.5 Å². The van der Waals surface area contributed by atoms with Gasteiger partial charge in [0.1, 0.15) is 0 Å². The Morgan fingerprint density at radius 3 is 2.35 bits per heavy atom. The fourth-order valence-electron chi connectivity index (χ4n) is 2.71. The normalized spacial score (nSPS) is 24.4. The first-order valence-electron chi connectivity index (χ1n) is 8.03. The molecular formula is C18H27BrO3Si. The summed E-state index contributed by atoms with van der Waals surface area (Å²) in [5, 5.41) is 0.174. The van der Waals surface area contributed by atoms with E-state index in [9.17, 15) is 4.79 Å². The fourth-order valence-corrected chi connectivity index (χ4v) is 4.02. The SMILES string of the molecule is COC(=O)[C@]1(c2ccc(Br)cc2)C[C@H]1CO[Si](C)(C)C(C)(C)C. The minimum Gasteiger partial charge on any atom is -0.468 e. The van der Waals surface area contributed by atoms with E-state index in [1.807, 2.05) is 24.3 Å². The standard InChI is InChI=1S/C18H27BrO3Si/c1-17(2,3)23(5,6)22-12-14-11-18(14,16(20)21-4)13-7-9-15(19)10-8-13/h7-10,14H,11-12H2,1-6H3/t14-,18-/m0/s1. The molecule has 0 saturated heterocycles. The van der Waals surface area contributed by atoms with Crippen LogP contribution < -0.4 is 0 Å². The molecule has 0 radical (unpaired) electrons. The Morgan fingerprint density at radius 1 is 1.30 bits per heavy atom. The number of hydrogen-bond acceptors (Lipinski definition) is 3. The Kier molecular flexibility index (Phi) is 5.15. The van der Waals surface area contributed by atoms with Crippen LogP contribution in [0.15, 0.2) is 28.7 Å². The van der Waals surface area contributed by atoms with E-state index >= 15 is 0 Å². The average molecular weight is 399 g/mol. The summed E-state index contributed by atoms with van der Waals surface area (Å²) in [5.74, 6) is 0.0499. The van der Waals surface area contributed by atoms with Gasteiger partial charge in [-0.25, -0.2) is 0 Å². The second-order valence-electron chi connectivity index (χ2n) is 7.94. The molecule has 0 aliphatic heterocycles. The van der Waals surface area contributed by atoms with Crippen molar-refractivity contribution in [3.8, 4) is 0 Å². The maximum absolute atomic E-state index is 12.4. The van der Waals surface area contributed by atoms with Crippen LogP contribution >= 0.6 is 15.9 Å². The predicted molar refractivity (Wildman–Crippen MR) is 99.1 cm³/mol. The number of methoxy groups -OCH3 is 1. The monoisotopic (exact) mass is 398 g/mol. The molecule has 1 aromatic carbocycles. The summed E-state index contributed by atoms with van der Waals surface area (Å²) in [6.45, 7) is 11.8. The van der Waals surface area contributed by atoms with E-state index in [0.29, 0.717) is 6.61 Å². The summed E-state index contributed by atoms with van der Waals surface area (Å²) in [7, 11) is -0.339. The van der Waals surface area contributed by atoms with Crippen molar-refractivity contribution in [2.75, 3.05) is 13.7 Å². The van der Waals surface area contributed by atoms with Gasteiger partial charge in [0, 0.05) is 17.0 Å². The fraction of sp³-hybridized carbons (Fsp3) is 0.611. The lowest BCUT2D eigenvalue weighted by Crippen LogP contribution is -2.41. The number of carbonyl (C=O) groups excluding carboxylic acids is 1. The minimum atomic E-state index is -1.80. The van der Waals surface area contributed by atoms with Crippen LogP contribution in [0, 0.1) is 5.92 Å². The van der Waals surface area contributed by atoms with Gasteiger partial charge in [0.15, 0.2) is 8.32 Å². The van der Waals surface area contributed by atoms with Crippen molar-refractivity contribution in [1.29, 1.82) is 0 Å². The molecule has 0 amide bonds. The van der Waals surface area contributed by atoms with Crippen molar-refractivity contribution in [2.24, 2.45) is 5.92 Å². The molecule has 23 heavy (non-hydrogen) atoms. The molecule has 2 atom stereocenters. The highest BCUT2D eigenvalue weighted by Gasteiger charge is 2.62. The zero-order chi connectivity index (χ0) is 17.5. The third kappa shape index (κ3) is 3.56. The molecule has 128 valence electrons. The van der Waals surface area contributed by atoms with Gasteiger partial charge in [-0.05, 0) is 42.2 Å². The summed E-state index contributed by atoms with van der Waals surface area (Å²) in [6, 6.07) is 7.97. The Labute approximate surface area is 149 Å². The summed E-state index contributed by atoms with van der Waals surface area (Å²) >= 11 is 3.45. The summed E-state index contributed by atoms with van der Waals surface area (Å²) in [4.78, 5) is 12.4. The lowest BCUT2D eigenvalue weighted by molar-refractivity contribution is -0.144. The lowest BCUT2D eigenvalue weighted by atomic mass is 9.93. The molecule has 1 aliphatic rings. The Morgan fingerprint density at radius 2 is 1.87 bits per heavy atom. The highest BCUT2D eigenvalue weighted by Crippen LogP contribution is 2.56. The number of halogens is 1. The molecule has 5 heteroatoms. The molecule has 0 bridgehead atoms. The number of ether oxygens (including phenoxy) is 1. The highest BCUT2D eigenvalue weighted by atomic mass is 79.9. The first-order valence-corrected chi connectivity index (χ1v) is 11.7. The molecule has 0 heterocycles. The molecule has 0 N–H and O–H groups in total. The van der Waals surface area contributed by atoms with Gasteiger partial charge in [-0.15, -0.1) is 0 Å². The van der Waals surface area contributed by atoms with Gasteiger partial charge in [0.2, 0.25) is 0 Å². The van der Waals surface area contributed by atoms with Gasteiger partial charge in [-0.3, -0.25) is 4.79 Å². The smallest absolute Gasteiger partial charge is 0.316 e. The quantitative estimate of drug-likeness (QED) is 0.522. The van der Waals surface area contributed by atoms with Crippen LogP contribution in [0.25, 0.3) is 0 Å². The molecular weight excluding hydrogens is 372 g/mol. The summed E-state index contributed by atoms with van der Waals surface area (Å²) in [5.41, 5.74) is 0.494. The van der Waals surface area contributed by atoms with E-state index in [2.05, 4.69) is 49.8 Å². The zero-order valence-electron chi connectivity index (χ0n) is 14.9. The summed E-state index contributed by atoms with van der Waals surface area (Å²) in [6.07, 6.45) is 0.802. The Balaban J connectivity index is 2.16. The molecule has 1 aromatic rings. The van der Waals surface area contributed by atoms with E-state index < -0.39 is 13.7 Å². The number of benzene rings is 1. The topological polar surface area (TPSA) is 35.5 Å². The molecule has 0 aromatic heterocycles. The number of hydrogen-bond donors (Lipinski definition) is 0. The van der Waals surface area contributed by atoms with E-state index in [-0.39, 0.29) is 16.9 Å². The van der Waals surface area contributed by atoms with Gasteiger partial charge in [-0.1, -0.05) is 48.8 Å². The minimum absolute atomic E-state index is 0.149. The van der Waals surface area contributed by atoms with Crippen LogP contribution in [0.5, 0.6) is 0 Å². The van der Waals surface area contributed by atoms with Crippen molar-refractivity contribution in [3.05, 3.63) is 34.3 Å². The van der Waals surface area contributed by atoms with Crippen LogP contribution in [0.4, 0.5) is 0 Å². The predicted octanol–water partition coefficient (Wildman–Crippen LogP) is 4.90. The van der Waals surface area contributed by atoms with Crippen LogP contribution in [-0.4, -0.2) is 28.0 Å². The third-order valence-corrected chi connectivity index (χ3v) is 10.5. The van der Waals surface area contributed by atoms with Crippen LogP contribution in [0.1, 0.15) is 32.8 Å². The number of rotatable bonds is 5. The first-order chi connectivity index (χ1) is 10.5. The Bertz CT molecular complexity index is 577. The second kappa shape index (κ2) is 6.34. The van der Waals surface area contributed by atoms with Crippen LogP contribution in [0.3, 0.4) is 0 Å². The number of esters is 1. The van der Waals surface area contributed by atoms with Crippen molar-refractivity contribution < 1.29 is 14.0 Å². The van der Waals surface area contributed by atoms with E-state index in [1.54, 1.807) is 0 Å². The zero-order valence-corrected chi connectivity index (χ0v) is 17.5. The van der Waals surface area contributed by atoms with Gasteiger partial charge in [0.05, 0.1) is 12.5 Å². The van der Waals surface area contributed by atoms with E-state index in [4.69, 9.17) is 9.16 Å². The Hall–Kier alpha value is -0.653. The second-order valence-corrected chi connectivity index (χ2v) is 13.7. The van der Waals surface area contributed by atoms with Gasteiger partial charge >= 0.3 is 5.97 Å². The van der Waals surface area contributed by atoms with Crippen molar-refractivity contribution >= 4 is 30.2 Å². The maximum Gasteiger partial charge on any atom is 0.316 e.